The number of carbonyl (C=O) groups excluding carboxylic acids is 1. The average molecular weight is 591 g/mol. The first-order chi connectivity index (χ1) is 19.1. The van der Waals surface area contributed by atoms with Crippen molar-refractivity contribution in [1.82, 2.24) is 10.2 Å². The van der Waals surface area contributed by atoms with Gasteiger partial charge in [-0.1, -0.05) is 12.1 Å². The predicted molar refractivity (Wildman–Crippen MR) is 132 cm³/mol. The normalized spacial score (nSPS) is 24.2. The van der Waals surface area contributed by atoms with Gasteiger partial charge in [-0.3, -0.25) is 4.79 Å². The first-order valence-electron chi connectivity index (χ1n) is 13.1. The van der Waals surface area contributed by atoms with Crippen LogP contribution in [0.1, 0.15) is 66.9 Å². The van der Waals surface area contributed by atoms with Crippen LogP contribution in [0.25, 0.3) is 0 Å². The number of alkyl halides is 6. The van der Waals surface area contributed by atoms with E-state index in [0.717, 1.165) is 0 Å². The Morgan fingerprint density at radius 2 is 1.59 bits per heavy atom. The Labute approximate surface area is 231 Å². The van der Waals surface area contributed by atoms with E-state index < -0.39 is 59.4 Å². The van der Waals surface area contributed by atoms with Crippen molar-refractivity contribution in [2.24, 2.45) is 5.92 Å². The minimum absolute atomic E-state index is 0.0567. The molecule has 0 unspecified atom stereocenters. The molecule has 0 aromatic heterocycles. The van der Waals surface area contributed by atoms with Gasteiger partial charge in [-0.05, 0) is 74.1 Å². The van der Waals surface area contributed by atoms with Crippen LogP contribution in [0, 0.1) is 11.7 Å². The molecule has 2 N–H and O–H groups in total. The van der Waals surface area contributed by atoms with Crippen molar-refractivity contribution in [1.29, 1.82) is 0 Å². The highest BCUT2D eigenvalue weighted by Crippen LogP contribution is 2.40. The lowest BCUT2D eigenvalue weighted by Crippen LogP contribution is -2.47. The molecule has 1 aliphatic heterocycles. The summed E-state index contributed by atoms with van der Waals surface area (Å²) in [6.45, 7) is 1.71. The van der Waals surface area contributed by atoms with E-state index >= 15 is 0 Å². The molecule has 2 aliphatic rings. The third-order valence-corrected chi connectivity index (χ3v) is 7.73. The number of likely N-dealkylation sites (tertiary alicyclic amines) is 1. The van der Waals surface area contributed by atoms with E-state index in [1.54, 1.807) is 4.90 Å². The van der Waals surface area contributed by atoms with E-state index in [-0.39, 0.29) is 43.1 Å². The van der Waals surface area contributed by atoms with Crippen LogP contribution in [-0.2, 0) is 21.9 Å². The molecule has 224 valence electrons. The van der Waals surface area contributed by atoms with Crippen molar-refractivity contribution in [3.63, 3.8) is 0 Å². The number of benzene rings is 2. The SMILES string of the molecule is C[C@@H](O[C@H]1CCN(C(=O)[C@H]2CC[C@@H](NC(=O)O)C2)C[C@@H]1c1ccc(F)cc1)c1cc(C(F)(F)F)cc(C(F)(F)F)c1. The maximum atomic E-state index is 13.7. The van der Waals surface area contributed by atoms with Crippen LogP contribution in [0.4, 0.5) is 35.5 Å². The standard InChI is InChI=1S/C28H29F7N2O4/c1-15(18-10-19(27(30,31)32)13-20(11-18)28(33,34)35)41-24-8-9-37(14-23(24)16-2-5-21(29)6-3-16)25(38)17-4-7-22(12-17)36-26(39)40/h2-3,5-6,10-11,13,15,17,22-24,36H,4,7-9,12,14H2,1H3,(H,39,40)/t15-,17+,22-,23-,24+/m1/s1. The second kappa shape index (κ2) is 11.9. The van der Waals surface area contributed by atoms with Crippen molar-refractivity contribution in [2.45, 2.75) is 69.1 Å². The molecule has 2 fully saturated rings. The summed E-state index contributed by atoms with van der Waals surface area (Å²) in [6.07, 6.45) is -11.5. The summed E-state index contributed by atoms with van der Waals surface area (Å²) in [5.41, 5.74) is -2.59. The molecule has 2 aromatic carbocycles. The molecule has 2 aromatic rings. The van der Waals surface area contributed by atoms with E-state index in [1.807, 2.05) is 0 Å². The van der Waals surface area contributed by atoms with Crippen molar-refractivity contribution < 1.29 is 50.2 Å². The van der Waals surface area contributed by atoms with Gasteiger partial charge in [0, 0.05) is 31.0 Å². The molecular formula is C28H29F7N2O4. The van der Waals surface area contributed by atoms with Crippen molar-refractivity contribution in [3.05, 3.63) is 70.5 Å². The monoisotopic (exact) mass is 590 g/mol. The number of nitrogens with one attached hydrogen (secondary N) is 1. The number of halogens is 7. The summed E-state index contributed by atoms with van der Waals surface area (Å²) in [4.78, 5) is 25.9. The number of piperidine rings is 1. The second-order valence-corrected chi connectivity index (χ2v) is 10.5. The molecule has 6 nitrogen and oxygen atoms in total. The number of hydrogen-bond acceptors (Lipinski definition) is 3. The second-order valence-electron chi connectivity index (χ2n) is 10.5. The van der Waals surface area contributed by atoms with Gasteiger partial charge < -0.3 is 20.1 Å². The zero-order chi connectivity index (χ0) is 30.1. The van der Waals surface area contributed by atoms with E-state index in [0.29, 0.717) is 37.0 Å². The van der Waals surface area contributed by atoms with E-state index in [2.05, 4.69) is 5.32 Å². The Morgan fingerprint density at radius 3 is 2.15 bits per heavy atom. The topological polar surface area (TPSA) is 78.9 Å². The molecule has 0 spiro atoms. The van der Waals surface area contributed by atoms with Gasteiger partial charge in [0.2, 0.25) is 5.91 Å². The summed E-state index contributed by atoms with van der Waals surface area (Å²) in [7, 11) is 0. The lowest BCUT2D eigenvalue weighted by atomic mass is 9.86. The van der Waals surface area contributed by atoms with E-state index in [4.69, 9.17) is 9.84 Å². The quantitative estimate of drug-likeness (QED) is 0.365. The molecule has 2 amide bonds. The Hall–Kier alpha value is -3.35. The maximum Gasteiger partial charge on any atom is 0.416 e. The average Bonchev–Trinajstić information content (AvgIpc) is 3.35. The summed E-state index contributed by atoms with van der Waals surface area (Å²) < 4.78 is 100. The van der Waals surface area contributed by atoms with Crippen LogP contribution >= 0.6 is 0 Å². The number of rotatable bonds is 6. The molecule has 13 heteroatoms. The maximum absolute atomic E-state index is 13.7. The number of carboxylic acid groups (broad SMARTS) is 1. The number of ether oxygens (including phenoxy) is 1. The summed E-state index contributed by atoms with van der Waals surface area (Å²) in [6, 6.07) is 6.43. The van der Waals surface area contributed by atoms with Gasteiger partial charge in [-0.2, -0.15) is 26.3 Å². The van der Waals surface area contributed by atoms with Gasteiger partial charge in [0.1, 0.15) is 5.82 Å². The molecule has 1 heterocycles. The molecule has 0 radical (unpaired) electrons. The van der Waals surface area contributed by atoms with Crippen LogP contribution < -0.4 is 5.32 Å². The van der Waals surface area contributed by atoms with Gasteiger partial charge in [0.05, 0.1) is 23.3 Å². The van der Waals surface area contributed by atoms with Gasteiger partial charge in [-0.15, -0.1) is 0 Å². The number of carbonyl (C=O) groups is 2. The number of hydrogen-bond donors (Lipinski definition) is 2. The van der Waals surface area contributed by atoms with Gasteiger partial charge in [0.15, 0.2) is 0 Å². The van der Waals surface area contributed by atoms with E-state index in [9.17, 15) is 40.3 Å². The lowest BCUT2D eigenvalue weighted by Gasteiger charge is -2.41. The fourth-order valence-electron chi connectivity index (χ4n) is 5.65. The lowest BCUT2D eigenvalue weighted by molar-refractivity contribution is -0.143. The first kappa shape index (κ1) is 30.6. The molecule has 1 aliphatic carbocycles. The Bertz CT molecular complexity index is 1220. The molecule has 1 saturated carbocycles. The fourth-order valence-corrected chi connectivity index (χ4v) is 5.65. The van der Waals surface area contributed by atoms with Crippen LogP contribution in [-0.4, -0.2) is 47.2 Å². The highest BCUT2D eigenvalue weighted by Gasteiger charge is 2.40. The van der Waals surface area contributed by atoms with Crippen LogP contribution in [0.15, 0.2) is 42.5 Å². The highest BCUT2D eigenvalue weighted by molar-refractivity contribution is 5.79. The largest absolute Gasteiger partial charge is 0.465 e. The summed E-state index contributed by atoms with van der Waals surface area (Å²) in [5, 5.41) is 11.4. The smallest absolute Gasteiger partial charge is 0.416 e. The van der Waals surface area contributed by atoms with E-state index in [1.165, 1.54) is 31.2 Å². The van der Waals surface area contributed by atoms with Crippen molar-refractivity contribution in [3.8, 4) is 0 Å². The molecule has 5 atom stereocenters. The Kier molecular flexibility index (Phi) is 8.86. The summed E-state index contributed by atoms with van der Waals surface area (Å²) >= 11 is 0. The van der Waals surface area contributed by atoms with Gasteiger partial charge in [0.25, 0.3) is 0 Å². The molecule has 41 heavy (non-hydrogen) atoms. The van der Waals surface area contributed by atoms with Crippen LogP contribution in [0.5, 0.6) is 0 Å². The number of nitrogens with zero attached hydrogens (tertiary/aromatic N) is 1. The van der Waals surface area contributed by atoms with Crippen LogP contribution in [0.2, 0.25) is 0 Å². The third-order valence-electron chi connectivity index (χ3n) is 7.73. The molecule has 0 bridgehead atoms. The zero-order valence-electron chi connectivity index (χ0n) is 21.9. The van der Waals surface area contributed by atoms with Gasteiger partial charge in [-0.25, -0.2) is 9.18 Å². The van der Waals surface area contributed by atoms with Gasteiger partial charge >= 0.3 is 18.4 Å². The third kappa shape index (κ3) is 7.49. The fraction of sp³-hybridized carbons (Fsp3) is 0.500. The van der Waals surface area contributed by atoms with Crippen molar-refractivity contribution >= 4 is 12.0 Å². The number of amides is 2. The molecular weight excluding hydrogens is 561 g/mol. The Balaban J connectivity index is 1.56. The Morgan fingerprint density at radius 1 is 0.976 bits per heavy atom. The first-order valence-corrected chi connectivity index (χ1v) is 13.1. The minimum Gasteiger partial charge on any atom is -0.465 e. The van der Waals surface area contributed by atoms with Crippen molar-refractivity contribution in [2.75, 3.05) is 13.1 Å². The highest BCUT2D eigenvalue weighted by atomic mass is 19.4. The minimum atomic E-state index is -5.00. The predicted octanol–water partition coefficient (Wildman–Crippen LogP) is 6.76. The summed E-state index contributed by atoms with van der Waals surface area (Å²) in [5.74, 6) is -1.62. The molecule has 1 saturated heterocycles. The molecule has 4 rings (SSSR count). The van der Waals surface area contributed by atoms with Crippen LogP contribution in [0.3, 0.4) is 0 Å². The zero-order valence-corrected chi connectivity index (χ0v) is 21.9.